The second kappa shape index (κ2) is 8.10. The summed E-state index contributed by atoms with van der Waals surface area (Å²) < 4.78 is 55.1. The number of nitrogens with two attached hydrogens (primary N) is 1. The number of alkyl halides is 3. The number of methoxy groups -OCH3 is 3. The van der Waals surface area contributed by atoms with Crippen LogP contribution in [0.25, 0.3) is 10.9 Å². The van der Waals surface area contributed by atoms with E-state index in [2.05, 4.69) is 9.98 Å². The third-order valence-corrected chi connectivity index (χ3v) is 4.44. The van der Waals surface area contributed by atoms with E-state index in [0.29, 0.717) is 39.6 Å². The van der Waals surface area contributed by atoms with Gasteiger partial charge in [0, 0.05) is 16.6 Å². The molecule has 0 aliphatic heterocycles. The van der Waals surface area contributed by atoms with E-state index in [1.165, 1.54) is 27.4 Å². The van der Waals surface area contributed by atoms with Crippen molar-refractivity contribution in [1.82, 2.24) is 4.98 Å². The van der Waals surface area contributed by atoms with Crippen LogP contribution in [0, 0.1) is 6.92 Å². The van der Waals surface area contributed by atoms with Gasteiger partial charge in [0.2, 0.25) is 5.75 Å². The van der Waals surface area contributed by atoms with E-state index in [1.54, 1.807) is 25.1 Å². The number of hydrogen-bond donors (Lipinski definition) is 1. The summed E-state index contributed by atoms with van der Waals surface area (Å²) in [4.78, 5) is 8.64. The second-order valence-electron chi connectivity index (χ2n) is 6.42. The van der Waals surface area contributed by atoms with Gasteiger partial charge in [-0.25, -0.2) is 4.99 Å². The molecule has 0 aliphatic rings. The van der Waals surface area contributed by atoms with Crippen molar-refractivity contribution in [1.29, 1.82) is 0 Å². The summed E-state index contributed by atoms with van der Waals surface area (Å²) in [5.41, 5.74) is 7.02. The zero-order valence-corrected chi connectivity index (χ0v) is 16.8. The van der Waals surface area contributed by atoms with E-state index in [4.69, 9.17) is 19.9 Å². The Labute approximate surface area is 171 Å². The molecular weight excluding hydrogens is 399 g/mol. The van der Waals surface area contributed by atoms with Gasteiger partial charge in [-0.2, -0.15) is 13.2 Å². The second-order valence-corrected chi connectivity index (χ2v) is 6.42. The van der Waals surface area contributed by atoms with Crippen molar-refractivity contribution in [2.75, 3.05) is 21.3 Å². The van der Waals surface area contributed by atoms with Crippen LogP contribution in [0.2, 0.25) is 0 Å². The molecule has 0 saturated carbocycles. The fraction of sp³-hybridized carbons (Fsp3) is 0.238. The number of aliphatic imine (C=N–C) groups is 1. The predicted octanol–water partition coefficient (Wildman–Crippen LogP) is 4.62. The molecule has 2 N–H and O–H groups in total. The maximum Gasteiger partial charge on any atom is 0.416 e. The Balaban J connectivity index is 2.15. The molecule has 0 fully saturated rings. The first-order valence-electron chi connectivity index (χ1n) is 8.81. The number of hydrogen-bond acceptors (Lipinski definition) is 5. The van der Waals surface area contributed by atoms with Crippen molar-refractivity contribution in [2.24, 2.45) is 10.7 Å². The number of fused-ring (bicyclic) bond motifs is 1. The van der Waals surface area contributed by atoms with Crippen molar-refractivity contribution in [3.05, 3.63) is 53.2 Å². The number of pyridine rings is 1. The van der Waals surface area contributed by atoms with Crippen LogP contribution in [-0.2, 0) is 6.18 Å². The molecule has 0 atom stereocenters. The third kappa shape index (κ3) is 4.10. The minimum atomic E-state index is -4.46. The molecular formula is C21H20F3N3O3. The molecule has 30 heavy (non-hydrogen) atoms. The molecule has 0 radical (unpaired) electrons. The average molecular weight is 419 g/mol. The largest absolute Gasteiger partial charge is 0.493 e. The lowest BCUT2D eigenvalue weighted by Crippen LogP contribution is -2.13. The highest BCUT2D eigenvalue weighted by molar-refractivity contribution is 6.03. The van der Waals surface area contributed by atoms with Crippen LogP contribution in [0.3, 0.4) is 0 Å². The predicted molar refractivity (Wildman–Crippen MR) is 108 cm³/mol. The Morgan fingerprint density at radius 1 is 0.967 bits per heavy atom. The quantitative estimate of drug-likeness (QED) is 0.482. The smallest absolute Gasteiger partial charge is 0.416 e. The number of rotatable bonds is 5. The summed E-state index contributed by atoms with van der Waals surface area (Å²) in [6, 6.07) is 8.26. The van der Waals surface area contributed by atoms with Gasteiger partial charge in [-0.05, 0) is 37.3 Å². The number of halogens is 3. The Bertz CT molecular complexity index is 1100. The fourth-order valence-electron chi connectivity index (χ4n) is 3.03. The fourth-order valence-corrected chi connectivity index (χ4v) is 3.03. The van der Waals surface area contributed by atoms with Crippen LogP contribution >= 0.6 is 0 Å². The highest BCUT2D eigenvalue weighted by Crippen LogP contribution is 2.39. The van der Waals surface area contributed by atoms with Crippen molar-refractivity contribution in [3.8, 4) is 17.2 Å². The third-order valence-electron chi connectivity index (χ3n) is 4.44. The normalized spacial score (nSPS) is 12.2. The molecule has 6 nitrogen and oxygen atoms in total. The molecule has 1 aromatic heterocycles. The molecule has 0 bridgehead atoms. The van der Waals surface area contributed by atoms with Crippen LogP contribution in [0.4, 0.5) is 18.9 Å². The van der Waals surface area contributed by atoms with Gasteiger partial charge in [-0.15, -0.1) is 0 Å². The van der Waals surface area contributed by atoms with Crippen LogP contribution < -0.4 is 19.9 Å². The van der Waals surface area contributed by atoms with E-state index in [9.17, 15) is 13.2 Å². The summed E-state index contributed by atoms with van der Waals surface area (Å²) in [6.07, 6.45) is -4.46. The number of nitrogens with zero attached hydrogens (tertiary/aromatic N) is 2. The standard InChI is InChI=1S/C21H20F3N3O3/c1-11-7-15(14-6-5-13(21(22,23)24)10-16(14)26-11)27-20(25)12-8-17(28-2)19(30-4)18(9-12)29-3/h5-10H,1-4H3,(H2,25,26,27). The van der Waals surface area contributed by atoms with Crippen LogP contribution in [0.5, 0.6) is 17.2 Å². The molecule has 2 aromatic carbocycles. The summed E-state index contributed by atoms with van der Waals surface area (Å²) in [5, 5.41) is 0.448. The summed E-state index contributed by atoms with van der Waals surface area (Å²) in [5.74, 6) is 1.33. The summed E-state index contributed by atoms with van der Waals surface area (Å²) in [7, 11) is 4.44. The van der Waals surface area contributed by atoms with Crippen LogP contribution in [0.1, 0.15) is 16.8 Å². The zero-order valence-electron chi connectivity index (χ0n) is 16.8. The first-order valence-corrected chi connectivity index (χ1v) is 8.81. The first kappa shape index (κ1) is 21.2. The van der Waals surface area contributed by atoms with Gasteiger partial charge in [0.05, 0.1) is 38.1 Å². The van der Waals surface area contributed by atoms with E-state index < -0.39 is 11.7 Å². The van der Waals surface area contributed by atoms with Crippen LogP contribution in [0.15, 0.2) is 41.4 Å². The molecule has 9 heteroatoms. The van der Waals surface area contributed by atoms with Gasteiger partial charge in [0.15, 0.2) is 11.5 Å². The van der Waals surface area contributed by atoms with E-state index in [-0.39, 0.29) is 11.4 Å². The molecule has 0 saturated heterocycles. The number of ether oxygens (including phenoxy) is 3. The molecule has 0 unspecified atom stereocenters. The highest BCUT2D eigenvalue weighted by Gasteiger charge is 2.30. The van der Waals surface area contributed by atoms with E-state index >= 15 is 0 Å². The highest BCUT2D eigenvalue weighted by atomic mass is 19.4. The Hall–Kier alpha value is -3.49. The molecule has 0 spiro atoms. The van der Waals surface area contributed by atoms with Crippen LogP contribution in [-0.4, -0.2) is 32.1 Å². The van der Waals surface area contributed by atoms with E-state index in [1.807, 2.05) is 0 Å². The van der Waals surface area contributed by atoms with Crippen molar-refractivity contribution in [3.63, 3.8) is 0 Å². The maximum atomic E-state index is 13.0. The van der Waals surface area contributed by atoms with Gasteiger partial charge in [0.25, 0.3) is 0 Å². The molecule has 0 aliphatic carbocycles. The minimum absolute atomic E-state index is 0.126. The van der Waals surface area contributed by atoms with Gasteiger partial charge in [-0.1, -0.05) is 6.07 Å². The lowest BCUT2D eigenvalue weighted by Gasteiger charge is -2.14. The Morgan fingerprint density at radius 3 is 2.13 bits per heavy atom. The van der Waals surface area contributed by atoms with Gasteiger partial charge in [0.1, 0.15) is 5.84 Å². The molecule has 0 amide bonds. The van der Waals surface area contributed by atoms with Gasteiger partial charge < -0.3 is 19.9 Å². The SMILES string of the molecule is COc1cc(C(N)=Nc2cc(C)nc3cc(C(F)(F)F)ccc23)cc(OC)c1OC. The number of aromatic nitrogens is 1. The molecule has 3 rings (SSSR count). The monoisotopic (exact) mass is 419 g/mol. The van der Waals surface area contributed by atoms with Crippen molar-refractivity contribution >= 4 is 22.4 Å². The molecule has 1 heterocycles. The van der Waals surface area contributed by atoms with Gasteiger partial charge in [-0.3, -0.25) is 4.98 Å². The molecule has 3 aromatic rings. The number of benzene rings is 2. The topological polar surface area (TPSA) is 79.0 Å². The summed E-state index contributed by atoms with van der Waals surface area (Å²) >= 11 is 0. The number of aryl methyl sites for hydroxylation is 1. The Kier molecular flexibility index (Phi) is 5.73. The number of amidine groups is 1. The molecule has 158 valence electrons. The lowest BCUT2D eigenvalue weighted by molar-refractivity contribution is -0.137. The minimum Gasteiger partial charge on any atom is -0.493 e. The summed E-state index contributed by atoms with van der Waals surface area (Å²) in [6.45, 7) is 1.67. The van der Waals surface area contributed by atoms with Crippen molar-refractivity contribution < 1.29 is 27.4 Å². The average Bonchev–Trinajstić information content (AvgIpc) is 2.71. The lowest BCUT2D eigenvalue weighted by atomic mass is 10.1. The van der Waals surface area contributed by atoms with E-state index in [0.717, 1.165) is 12.1 Å². The first-order chi connectivity index (χ1) is 14.2. The van der Waals surface area contributed by atoms with Gasteiger partial charge >= 0.3 is 6.18 Å². The van der Waals surface area contributed by atoms with Crippen molar-refractivity contribution in [2.45, 2.75) is 13.1 Å². The zero-order chi connectivity index (χ0) is 22.1. The maximum absolute atomic E-state index is 13.0. The Morgan fingerprint density at radius 2 is 1.60 bits per heavy atom.